The van der Waals surface area contributed by atoms with Gasteiger partial charge in [-0.2, -0.15) is 13.2 Å². The van der Waals surface area contributed by atoms with Crippen molar-refractivity contribution in [1.29, 1.82) is 0 Å². The number of nitrogens with zero attached hydrogens (tertiary/aromatic N) is 3. The molecule has 0 atom stereocenters. The molecule has 0 saturated carbocycles. The van der Waals surface area contributed by atoms with E-state index < -0.39 is 17.3 Å². The molecule has 4 rings (SSSR count). The number of halogens is 3. The SMILES string of the molecule is Cc1nc(N2CCC(NC(=O)C3(c4ccccc4)CCOCC3)CC2)cc(C(F)(F)F)n1. The van der Waals surface area contributed by atoms with Crippen LogP contribution < -0.4 is 10.2 Å². The molecule has 2 fully saturated rings. The second kappa shape index (κ2) is 9.05. The second-order valence-electron chi connectivity index (χ2n) is 8.45. The van der Waals surface area contributed by atoms with Crippen molar-refractivity contribution in [3.63, 3.8) is 0 Å². The maximum Gasteiger partial charge on any atom is 0.433 e. The molecule has 6 nitrogen and oxygen atoms in total. The summed E-state index contributed by atoms with van der Waals surface area (Å²) in [6.45, 7) is 3.56. The number of amides is 1. The third kappa shape index (κ3) is 4.72. The molecule has 0 bridgehead atoms. The van der Waals surface area contributed by atoms with Crippen LogP contribution in [0.15, 0.2) is 36.4 Å². The van der Waals surface area contributed by atoms with E-state index in [1.807, 2.05) is 35.2 Å². The number of benzene rings is 1. The van der Waals surface area contributed by atoms with Gasteiger partial charge in [0, 0.05) is 38.4 Å². The molecule has 1 aromatic heterocycles. The van der Waals surface area contributed by atoms with Crippen molar-refractivity contribution in [2.75, 3.05) is 31.2 Å². The molecule has 9 heteroatoms. The van der Waals surface area contributed by atoms with Gasteiger partial charge in [0.05, 0.1) is 5.41 Å². The van der Waals surface area contributed by atoms with Gasteiger partial charge in [0.1, 0.15) is 17.3 Å². The average Bonchev–Trinajstić information content (AvgIpc) is 2.79. The van der Waals surface area contributed by atoms with Crippen LogP contribution in [-0.4, -0.2) is 48.2 Å². The fourth-order valence-corrected chi connectivity index (χ4v) is 4.56. The van der Waals surface area contributed by atoms with Crippen LogP contribution in [0.4, 0.5) is 19.0 Å². The van der Waals surface area contributed by atoms with Crippen molar-refractivity contribution < 1.29 is 22.7 Å². The van der Waals surface area contributed by atoms with Crippen molar-refractivity contribution in [3.8, 4) is 0 Å². The lowest BCUT2D eigenvalue weighted by atomic mass is 9.73. The highest BCUT2D eigenvalue weighted by atomic mass is 19.4. The predicted molar refractivity (Wildman–Crippen MR) is 113 cm³/mol. The molecule has 1 aromatic carbocycles. The first-order chi connectivity index (χ1) is 15.3. The van der Waals surface area contributed by atoms with Gasteiger partial charge < -0.3 is 15.0 Å². The molecule has 0 spiro atoms. The van der Waals surface area contributed by atoms with Crippen LogP contribution in [0.5, 0.6) is 0 Å². The van der Waals surface area contributed by atoms with Crippen molar-refractivity contribution in [2.45, 2.75) is 50.2 Å². The highest BCUT2D eigenvalue weighted by Crippen LogP contribution is 2.36. The summed E-state index contributed by atoms with van der Waals surface area (Å²) in [7, 11) is 0. The van der Waals surface area contributed by atoms with E-state index in [4.69, 9.17) is 4.74 Å². The monoisotopic (exact) mass is 448 g/mol. The Morgan fingerprint density at radius 2 is 1.78 bits per heavy atom. The van der Waals surface area contributed by atoms with Crippen LogP contribution in [0.25, 0.3) is 0 Å². The lowest BCUT2D eigenvalue weighted by molar-refractivity contribution is -0.141. The molecule has 2 saturated heterocycles. The van der Waals surface area contributed by atoms with Gasteiger partial charge in [0.15, 0.2) is 0 Å². The molecule has 2 aliphatic rings. The quantitative estimate of drug-likeness (QED) is 0.774. The van der Waals surface area contributed by atoms with Crippen LogP contribution in [0.2, 0.25) is 0 Å². The van der Waals surface area contributed by atoms with Crippen molar-refractivity contribution >= 4 is 11.7 Å². The number of alkyl halides is 3. The molecule has 0 unspecified atom stereocenters. The van der Waals surface area contributed by atoms with E-state index in [9.17, 15) is 18.0 Å². The van der Waals surface area contributed by atoms with Crippen molar-refractivity contribution in [2.24, 2.45) is 0 Å². The fourth-order valence-electron chi connectivity index (χ4n) is 4.56. The summed E-state index contributed by atoms with van der Waals surface area (Å²) in [5.41, 5.74) is -0.545. The highest BCUT2D eigenvalue weighted by Gasteiger charge is 2.42. The number of hydrogen-bond acceptors (Lipinski definition) is 5. The van der Waals surface area contributed by atoms with Crippen LogP contribution in [0.3, 0.4) is 0 Å². The van der Waals surface area contributed by atoms with Gasteiger partial charge in [-0.3, -0.25) is 4.79 Å². The van der Waals surface area contributed by atoms with Gasteiger partial charge >= 0.3 is 6.18 Å². The number of aryl methyl sites for hydroxylation is 1. The smallest absolute Gasteiger partial charge is 0.381 e. The summed E-state index contributed by atoms with van der Waals surface area (Å²) in [4.78, 5) is 22.9. The Morgan fingerprint density at radius 3 is 2.41 bits per heavy atom. The number of carbonyl (C=O) groups excluding carboxylic acids is 1. The third-order valence-electron chi connectivity index (χ3n) is 6.38. The van der Waals surface area contributed by atoms with Gasteiger partial charge in [0.2, 0.25) is 5.91 Å². The van der Waals surface area contributed by atoms with Crippen molar-refractivity contribution in [1.82, 2.24) is 15.3 Å². The first-order valence-electron chi connectivity index (χ1n) is 10.9. The highest BCUT2D eigenvalue weighted by molar-refractivity contribution is 5.88. The molecular formula is C23H27F3N4O2. The normalized spacial score (nSPS) is 19.6. The molecule has 1 N–H and O–H groups in total. The van der Waals surface area contributed by atoms with Crippen molar-refractivity contribution in [3.05, 3.63) is 53.5 Å². The zero-order valence-corrected chi connectivity index (χ0v) is 18.0. The number of hydrogen-bond donors (Lipinski definition) is 1. The Balaban J connectivity index is 1.43. The first kappa shape index (κ1) is 22.5. The molecule has 2 aromatic rings. The molecule has 32 heavy (non-hydrogen) atoms. The molecule has 0 radical (unpaired) electrons. The molecule has 0 aliphatic carbocycles. The summed E-state index contributed by atoms with van der Waals surface area (Å²) in [6, 6.07) is 10.8. The number of nitrogens with one attached hydrogen (secondary N) is 1. The van der Waals surface area contributed by atoms with E-state index in [1.54, 1.807) is 0 Å². The minimum Gasteiger partial charge on any atom is -0.381 e. The molecule has 1 amide bonds. The van der Waals surface area contributed by atoms with Gasteiger partial charge in [-0.25, -0.2) is 9.97 Å². The average molecular weight is 448 g/mol. The zero-order valence-electron chi connectivity index (χ0n) is 18.0. The maximum absolute atomic E-state index is 13.4. The van der Waals surface area contributed by atoms with E-state index in [1.165, 1.54) is 6.92 Å². The van der Waals surface area contributed by atoms with Gasteiger partial charge in [-0.1, -0.05) is 30.3 Å². The second-order valence-corrected chi connectivity index (χ2v) is 8.45. The Labute approximate surface area is 185 Å². The number of piperidine rings is 1. The minimum atomic E-state index is -4.51. The third-order valence-corrected chi connectivity index (χ3v) is 6.38. The first-order valence-corrected chi connectivity index (χ1v) is 10.9. The van der Waals surface area contributed by atoms with Gasteiger partial charge in [-0.05, 0) is 38.2 Å². The fraction of sp³-hybridized carbons (Fsp3) is 0.522. The van der Waals surface area contributed by atoms with Crippen LogP contribution in [-0.2, 0) is 21.1 Å². The number of carbonyl (C=O) groups is 1. The number of anilines is 1. The predicted octanol–water partition coefficient (Wildman–Crippen LogP) is 3.64. The van der Waals surface area contributed by atoms with Crippen LogP contribution in [0.1, 0.15) is 42.8 Å². The Kier molecular flexibility index (Phi) is 6.37. The van der Waals surface area contributed by atoms with E-state index >= 15 is 0 Å². The topological polar surface area (TPSA) is 67.4 Å². The summed E-state index contributed by atoms with van der Waals surface area (Å²) in [6.07, 6.45) is -1.98. The summed E-state index contributed by atoms with van der Waals surface area (Å²) in [5, 5.41) is 3.21. The summed E-state index contributed by atoms with van der Waals surface area (Å²) < 4.78 is 44.8. The number of rotatable bonds is 4. The summed E-state index contributed by atoms with van der Waals surface area (Å²) >= 11 is 0. The molecule has 2 aliphatic heterocycles. The van der Waals surface area contributed by atoms with Crippen LogP contribution >= 0.6 is 0 Å². The molecule has 3 heterocycles. The van der Waals surface area contributed by atoms with E-state index in [0.717, 1.165) is 11.6 Å². The Hall–Kier alpha value is -2.68. The zero-order chi connectivity index (χ0) is 22.8. The van der Waals surface area contributed by atoms with Crippen LogP contribution in [0, 0.1) is 6.92 Å². The van der Waals surface area contributed by atoms with E-state index in [0.29, 0.717) is 52.0 Å². The standard InChI is InChI=1S/C23H27F3N4O2/c1-16-27-19(23(24,25)26)15-20(28-16)30-11-7-18(8-12-30)29-21(31)22(9-13-32-14-10-22)17-5-3-2-4-6-17/h2-6,15,18H,7-14H2,1H3,(H,29,31). The Bertz CT molecular complexity index is 938. The molecular weight excluding hydrogens is 421 g/mol. The number of aromatic nitrogens is 2. The lowest BCUT2D eigenvalue weighted by Crippen LogP contribution is -2.53. The maximum atomic E-state index is 13.4. The van der Waals surface area contributed by atoms with Gasteiger partial charge in [-0.15, -0.1) is 0 Å². The largest absolute Gasteiger partial charge is 0.433 e. The van der Waals surface area contributed by atoms with E-state index in [-0.39, 0.29) is 23.6 Å². The lowest BCUT2D eigenvalue weighted by Gasteiger charge is -2.39. The van der Waals surface area contributed by atoms with Gasteiger partial charge in [0.25, 0.3) is 0 Å². The minimum absolute atomic E-state index is 0.00249. The summed E-state index contributed by atoms with van der Waals surface area (Å²) in [5.74, 6) is 0.372. The van der Waals surface area contributed by atoms with E-state index in [2.05, 4.69) is 15.3 Å². The molecule has 172 valence electrons. The number of ether oxygens (including phenoxy) is 1. The Morgan fingerprint density at radius 1 is 1.12 bits per heavy atom.